The number of nitrogens with one attached hydrogen (secondary N) is 2. The van der Waals surface area contributed by atoms with Gasteiger partial charge < -0.3 is 15.7 Å². The van der Waals surface area contributed by atoms with E-state index < -0.39 is 23.9 Å². The Morgan fingerprint density at radius 1 is 1.38 bits per heavy atom. The molecule has 0 aliphatic carbocycles. The number of benzene rings is 1. The van der Waals surface area contributed by atoms with E-state index in [4.69, 9.17) is 16.7 Å². The lowest BCUT2D eigenvalue weighted by atomic mass is 10.0. The van der Waals surface area contributed by atoms with Crippen molar-refractivity contribution in [1.29, 1.82) is 0 Å². The molecule has 0 heterocycles. The van der Waals surface area contributed by atoms with Crippen molar-refractivity contribution in [3.63, 3.8) is 0 Å². The van der Waals surface area contributed by atoms with E-state index in [2.05, 4.69) is 10.6 Å². The van der Waals surface area contributed by atoms with E-state index >= 15 is 0 Å². The summed E-state index contributed by atoms with van der Waals surface area (Å²) in [5.74, 6) is -0.952. The summed E-state index contributed by atoms with van der Waals surface area (Å²) in [5, 5.41) is 13.4. The maximum absolute atomic E-state index is 13.7. The Hall–Kier alpha value is -1.82. The summed E-state index contributed by atoms with van der Waals surface area (Å²) in [6, 6.07) is 3.62. The molecule has 0 bridgehead atoms. The predicted molar refractivity (Wildman–Crippen MR) is 77.7 cm³/mol. The highest BCUT2D eigenvalue weighted by Crippen LogP contribution is 2.17. The highest BCUT2D eigenvalue weighted by Gasteiger charge is 2.21. The Balaban J connectivity index is 2.68. The molecule has 0 aliphatic heterocycles. The van der Waals surface area contributed by atoms with Crippen LogP contribution in [0.3, 0.4) is 0 Å². The first-order valence-electron chi connectivity index (χ1n) is 6.51. The lowest BCUT2D eigenvalue weighted by molar-refractivity contribution is -0.123. The number of carbonyl (C=O) groups is 2. The molecule has 0 fully saturated rings. The molecule has 0 spiro atoms. The van der Waals surface area contributed by atoms with Crippen molar-refractivity contribution in [2.75, 3.05) is 0 Å². The van der Waals surface area contributed by atoms with Gasteiger partial charge in [0.05, 0.1) is 5.02 Å². The molecule has 1 atom stereocenters. The molecule has 0 aliphatic rings. The normalized spacial score (nSPS) is 12.0. The lowest BCUT2D eigenvalue weighted by Crippen LogP contribution is -2.46. The molecule has 5 nitrogen and oxygen atoms in total. The summed E-state index contributed by atoms with van der Waals surface area (Å²) in [7, 11) is 0. The van der Waals surface area contributed by atoms with Crippen molar-refractivity contribution in [1.82, 2.24) is 10.6 Å². The minimum atomic E-state index is -1.27. The fourth-order valence-electron chi connectivity index (χ4n) is 1.84. The van der Waals surface area contributed by atoms with E-state index in [1.54, 1.807) is 6.07 Å². The Kier molecular flexibility index (Phi) is 6.42. The first-order chi connectivity index (χ1) is 9.81. The molecule has 7 heteroatoms. The number of rotatable bonds is 6. The van der Waals surface area contributed by atoms with Crippen LogP contribution in [0.4, 0.5) is 9.18 Å². The van der Waals surface area contributed by atoms with Crippen LogP contribution in [0.2, 0.25) is 5.02 Å². The van der Waals surface area contributed by atoms with Gasteiger partial charge >= 0.3 is 6.09 Å². The average Bonchev–Trinajstić information content (AvgIpc) is 2.38. The first-order valence-corrected chi connectivity index (χ1v) is 6.89. The van der Waals surface area contributed by atoms with Gasteiger partial charge in [0.15, 0.2) is 0 Å². The minimum Gasteiger partial charge on any atom is -0.465 e. The molecule has 21 heavy (non-hydrogen) atoms. The number of hydrogen-bond acceptors (Lipinski definition) is 2. The van der Waals surface area contributed by atoms with E-state index in [0.29, 0.717) is 6.42 Å². The van der Waals surface area contributed by atoms with Crippen LogP contribution in [-0.4, -0.2) is 23.1 Å². The van der Waals surface area contributed by atoms with Crippen molar-refractivity contribution in [2.45, 2.75) is 32.9 Å². The summed E-state index contributed by atoms with van der Waals surface area (Å²) in [6.07, 6.45) is -0.916. The molecule has 0 aromatic heterocycles. The quantitative estimate of drug-likeness (QED) is 0.755. The smallest absolute Gasteiger partial charge is 0.405 e. The van der Waals surface area contributed by atoms with Gasteiger partial charge in [0, 0.05) is 12.1 Å². The Labute approximate surface area is 127 Å². The molecule has 0 radical (unpaired) electrons. The first kappa shape index (κ1) is 17.2. The third-order valence-electron chi connectivity index (χ3n) is 2.81. The van der Waals surface area contributed by atoms with Gasteiger partial charge in [-0.1, -0.05) is 37.6 Å². The predicted octanol–water partition coefficient (Wildman–Crippen LogP) is 2.78. The number of halogens is 2. The van der Waals surface area contributed by atoms with Gasteiger partial charge in [-0.2, -0.15) is 0 Å². The molecule has 0 saturated heterocycles. The molecule has 1 aromatic carbocycles. The van der Waals surface area contributed by atoms with Crippen molar-refractivity contribution in [3.05, 3.63) is 34.6 Å². The third kappa shape index (κ3) is 5.59. The lowest BCUT2D eigenvalue weighted by Gasteiger charge is -2.18. The van der Waals surface area contributed by atoms with Gasteiger partial charge in [-0.05, 0) is 18.4 Å². The topological polar surface area (TPSA) is 78.4 Å². The molecule has 1 unspecified atom stereocenters. The van der Waals surface area contributed by atoms with Crippen molar-refractivity contribution >= 4 is 23.6 Å². The number of carboxylic acid groups (broad SMARTS) is 1. The maximum Gasteiger partial charge on any atom is 0.405 e. The third-order valence-corrected chi connectivity index (χ3v) is 3.10. The number of carbonyl (C=O) groups excluding carboxylic acids is 1. The Bertz CT molecular complexity index is 523. The zero-order valence-corrected chi connectivity index (χ0v) is 12.6. The molecule has 0 saturated carbocycles. The maximum atomic E-state index is 13.7. The fraction of sp³-hybridized carbons (Fsp3) is 0.429. The van der Waals surface area contributed by atoms with Gasteiger partial charge in [-0.15, -0.1) is 0 Å². The van der Waals surface area contributed by atoms with E-state index in [0.717, 1.165) is 0 Å². The standard InChI is InChI=1S/C14H18ClFN2O3/c1-8(2)6-11(18-14(20)21)13(19)17-7-9-4-3-5-10(15)12(9)16/h3-5,8,11,18H,6-7H2,1-2H3,(H,17,19)(H,20,21). The molecule has 1 rings (SSSR count). The summed E-state index contributed by atoms with van der Waals surface area (Å²) in [4.78, 5) is 22.7. The van der Waals surface area contributed by atoms with Crippen LogP contribution in [0.25, 0.3) is 0 Å². The van der Waals surface area contributed by atoms with Gasteiger partial charge in [0.2, 0.25) is 5.91 Å². The molecular formula is C14H18ClFN2O3. The van der Waals surface area contributed by atoms with E-state index in [1.165, 1.54) is 12.1 Å². The highest BCUT2D eigenvalue weighted by molar-refractivity contribution is 6.30. The van der Waals surface area contributed by atoms with Gasteiger partial charge in [0.25, 0.3) is 0 Å². The zero-order valence-electron chi connectivity index (χ0n) is 11.8. The van der Waals surface area contributed by atoms with Crippen LogP contribution in [-0.2, 0) is 11.3 Å². The van der Waals surface area contributed by atoms with Gasteiger partial charge in [-0.3, -0.25) is 4.79 Å². The van der Waals surface area contributed by atoms with E-state index in [-0.39, 0.29) is 23.0 Å². The van der Waals surface area contributed by atoms with E-state index in [1.807, 2.05) is 13.8 Å². The van der Waals surface area contributed by atoms with Crippen LogP contribution in [0.5, 0.6) is 0 Å². The summed E-state index contributed by atoms with van der Waals surface area (Å²) < 4.78 is 13.7. The van der Waals surface area contributed by atoms with Crippen LogP contribution >= 0.6 is 11.6 Å². The molecular weight excluding hydrogens is 299 g/mol. The highest BCUT2D eigenvalue weighted by atomic mass is 35.5. The Morgan fingerprint density at radius 2 is 2.05 bits per heavy atom. The molecule has 3 N–H and O–H groups in total. The monoisotopic (exact) mass is 316 g/mol. The minimum absolute atomic E-state index is 0.0239. The second-order valence-corrected chi connectivity index (χ2v) is 5.47. The van der Waals surface area contributed by atoms with Crippen LogP contribution in [0, 0.1) is 11.7 Å². The van der Waals surface area contributed by atoms with Gasteiger partial charge in [-0.25, -0.2) is 9.18 Å². The largest absolute Gasteiger partial charge is 0.465 e. The average molecular weight is 317 g/mol. The summed E-state index contributed by atoms with van der Waals surface area (Å²) in [5.41, 5.74) is 0.245. The van der Waals surface area contributed by atoms with Crippen LogP contribution in [0.15, 0.2) is 18.2 Å². The summed E-state index contributed by atoms with van der Waals surface area (Å²) >= 11 is 5.65. The van der Waals surface area contributed by atoms with Crippen LogP contribution in [0.1, 0.15) is 25.8 Å². The van der Waals surface area contributed by atoms with Gasteiger partial charge in [0.1, 0.15) is 11.9 Å². The second-order valence-electron chi connectivity index (χ2n) is 5.06. The van der Waals surface area contributed by atoms with E-state index in [9.17, 15) is 14.0 Å². The number of amides is 2. The number of hydrogen-bond donors (Lipinski definition) is 3. The Morgan fingerprint density at radius 3 is 2.62 bits per heavy atom. The molecule has 1 aromatic rings. The van der Waals surface area contributed by atoms with Crippen molar-refractivity contribution in [2.24, 2.45) is 5.92 Å². The van der Waals surface area contributed by atoms with Crippen LogP contribution < -0.4 is 10.6 Å². The summed E-state index contributed by atoms with van der Waals surface area (Å²) in [6.45, 7) is 3.70. The van der Waals surface area contributed by atoms with Crippen molar-refractivity contribution in [3.8, 4) is 0 Å². The zero-order chi connectivity index (χ0) is 16.0. The van der Waals surface area contributed by atoms with Crippen molar-refractivity contribution < 1.29 is 19.1 Å². The second kappa shape index (κ2) is 7.83. The molecule has 116 valence electrons. The SMILES string of the molecule is CC(C)CC(NC(=O)O)C(=O)NCc1cccc(Cl)c1F. The fourth-order valence-corrected chi connectivity index (χ4v) is 2.04. The molecule has 2 amide bonds.